The molecule has 5 nitrogen and oxygen atoms in total. The maximum absolute atomic E-state index is 12.3. The van der Waals surface area contributed by atoms with Crippen LogP contribution >= 0.6 is 0 Å². The first kappa shape index (κ1) is 14.8. The zero-order valence-electron chi connectivity index (χ0n) is 9.69. The molecule has 1 aromatic rings. The van der Waals surface area contributed by atoms with Crippen LogP contribution < -0.4 is 11.6 Å². The molecule has 0 aromatic heterocycles. The molecule has 0 saturated carbocycles. The highest BCUT2D eigenvalue weighted by Gasteiger charge is 2.29. The summed E-state index contributed by atoms with van der Waals surface area (Å²) in [5.74, 6) is 4.13. The number of hydrogen-bond acceptors (Lipinski definition) is 4. The van der Waals surface area contributed by atoms with Crippen LogP contribution in [0.1, 0.15) is 11.1 Å². The molecule has 0 bridgehead atoms. The van der Waals surface area contributed by atoms with Crippen molar-refractivity contribution >= 4 is 5.97 Å². The largest absolute Gasteiger partial charge is 0.477 e. The fourth-order valence-corrected chi connectivity index (χ4v) is 1.29. The molecule has 1 aromatic carbocycles. The van der Waals surface area contributed by atoms with Crippen LogP contribution in [0.2, 0.25) is 0 Å². The Morgan fingerprint density at radius 2 is 1.84 bits per heavy atom. The van der Waals surface area contributed by atoms with Gasteiger partial charge in [0.1, 0.15) is 5.70 Å². The van der Waals surface area contributed by atoms with Crippen molar-refractivity contribution in [3.8, 4) is 0 Å². The molecule has 0 atom stereocenters. The summed E-state index contributed by atoms with van der Waals surface area (Å²) >= 11 is 0. The van der Waals surface area contributed by atoms with Gasteiger partial charge in [-0.2, -0.15) is 13.2 Å². The van der Waals surface area contributed by atoms with E-state index in [-0.39, 0.29) is 6.54 Å². The third-order valence-electron chi connectivity index (χ3n) is 2.20. The Morgan fingerprint density at radius 1 is 1.32 bits per heavy atom. The second kappa shape index (κ2) is 5.61. The van der Waals surface area contributed by atoms with E-state index >= 15 is 0 Å². The number of carboxylic acids is 1. The average Bonchev–Trinajstić information content (AvgIpc) is 2.28. The molecule has 0 heterocycles. The second-order valence-electron chi connectivity index (χ2n) is 3.76. The van der Waals surface area contributed by atoms with Crippen LogP contribution in [0.5, 0.6) is 0 Å². The number of carbonyl (C=O) groups is 1. The van der Waals surface area contributed by atoms with Gasteiger partial charge in [0.2, 0.25) is 0 Å². The number of benzene rings is 1. The maximum atomic E-state index is 12.3. The fraction of sp³-hybridized carbons (Fsp3) is 0.182. The summed E-state index contributed by atoms with van der Waals surface area (Å²) in [5, 5.41) is 9.50. The Kier molecular flexibility index (Phi) is 4.38. The van der Waals surface area contributed by atoms with Crippen LogP contribution in [0.3, 0.4) is 0 Å². The van der Waals surface area contributed by atoms with Gasteiger partial charge in [0.25, 0.3) is 0 Å². The van der Waals surface area contributed by atoms with Crippen molar-refractivity contribution in [3.05, 3.63) is 47.3 Å². The number of nitrogens with zero attached hydrogens (tertiary/aromatic N) is 1. The summed E-state index contributed by atoms with van der Waals surface area (Å²) in [6, 6.07) is 4.36. The quantitative estimate of drug-likeness (QED) is 0.437. The van der Waals surface area contributed by atoms with Crippen molar-refractivity contribution < 1.29 is 23.1 Å². The molecule has 0 aliphatic heterocycles. The highest BCUT2D eigenvalue weighted by molar-refractivity contribution is 5.85. The van der Waals surface area contributed by atoms with Crippen LogP contribution in [-0.2, 0) is 17.5 Å². The maximum Gasteiger partial charge on any atom is 0.416 e. The third kappa shape index (κ3) is 4.51. The van der Waals surface area contributed by atoms with Gasteiger partial charge in [-0.15, -0.1) is 0 Å². The molecule has 0 aliphatic carbocycles. The first-order valence-corrected chi connectivity index (χ1v) is 5.08. The molecule has 104 valence electrons. The second-order valence-corrected chi connectivity index (χ2v) is 3.76. The summed E-state index contributed by atoms with van der Waals surface area (Å²) in [5.41, 5.74) is 4.41. The van der Waals surface area contributed by atoms with E-state index < -0.39 is 23.4 Å². The van der Waals surface area contributed by atoms with Gasteiger partial charge >= 0.3 is 12.1 Å². The average molecular weight is 275 g/mol. The predicted octanol–water partition coefficient (Wildman–Crippen LogP) is 1.27. The Labute approximate surface area is 106 Å². The zero-order valence-corrected chi connectivity index (χ0v) is 9.69. The SMILES string of the molecule is N/C(=C\N(N)Cc1ccc(C(F)(F)F)cc1)C(=O)O. The number of rotatable bonds is 4. The van der Waals surface area contributed by atoms with Crippen molar-refractivity contribution in [1.29, 1.82) is 0 Å². The van der Waals surface area contributed by atoms with E-state index in [2.05, 4.69) is 0 Å². The highest BCUT2D eigenvalue weighted by atomic mass is 19.4. The summed E-state index contributed by atoms with van der Waals surface area (Å²) < 4.78 is 36.9. The lowest BCUT2D eigenvalue weighted by Gasteiger charge is -2.14. The van der Waals surface area contributed by atoms with E-state index in [9.17, 15) is 18.0 Å². The topological polar surface area (TPSA) is 92.6 Å². The third-order valence-corrected chi connectivity index (χ3v) is 2.20. The van der Waals surface area contributed by atoms with E-state index in [0.717, 1.165) is 23.3 Å². The summed E-state index contributed by atoms with van der Waals surface area (Å²) in [6.07, 6.45) is -3.41. The minimum Gasteiger partial charge on any atom is -0.477 e. The van der Waals surface area contributed by atoms with Crippen LogP contribution in [-0.4, -0.2) is 16.1 Å². The van der Waals surface area contributed by atoms with E-state index in [1.807, 2.05) is 0 Å². The van der Waals surface area contributed by atoms with Gasteiger partial charge in [-0.3, -0.25) is 0 Å². The van der Waals surface area contributed by atoms with Crippen LogP contribution in [0.4, 0.5) is 13.2 Å². The summed E-state index contributed by atoms with van der Waals surface area (Å²) in [7, 11) is 0. The van der Waals surface area contributed by atoms with Gasteiger partial charge in [0.15, 0.2) is 0 Å². The molecule has 0 fully saturated rings. The Balaban J connectivity index is 2.74. The van der Waals surface area contributed by atoms with Crippen LogP contribution in [0.25, 0.3) is 0 Å². The van der Waals surface area contributed by atoms with Crippen molar-refractivity contribution in [2.24, 2.45) is 11.6 Å². The number of alkyl halides is 3. The normalized spacial score (nSPS) is 12.3. The van der Waals surface area contributed by atoms with E-state index in [1.165, 1.54) is 12.1 Å². The lowest BCUT2D eigenvalue weighted by Crippen LogP contribution is -2.27. The minimum absolute atomic E-state index is 0.0338. The molecule has 0 saturated heterocycles. The zero-order chi connectivity index (χ0) is 14.6. The lowest BCUT2D eigenvalue weighted by atomic mass is 10.1. The van der Waals surface area contributed by atoms with Crippen molar-refractivity contribution in [3.63, 3.8) is 0 Å². The van der Waals surface area contributed by atoms with Crippen LogP contribution in [0, 0.1) is 0 Å². The number of hydrogen-bond donors (Lipinski definition) is 3. The van der Waals surface area contributed by atoms with Gasteiger partial charge < -0.3 is 15.8 Å². The molecule has 0 unspecified atom stereocenters. The van der Waals surface area contributed by atoms with E-state index in [1.54, 1.807) is 0 Å². The molecule has 0 radical (unpaired) electrons. The number of nitrogens with two attached hydrogens (primary N) is 2. The van der Waals surface area contributed by atoms with Gasteiger partial charge in [-0.05, 0) is 17.7 Å². The molecule has 5 N–H and O–H groups in total. The lowest BCUT2D eigenvalue weighted by molar-refractivity contribution is -0.137. The summed E-state index contributed by atoms with van der Waals surface area (Å²) in [4.78, 5) is 10.4. The molecule has 1 rings (SSSR count). The van der Waals surface area contributed by atoms with Gasteiger partial charge in [-0.25, -0.2) is 10.6 Å². The highest BCUT2D eigenvalue weighted by Crippen LogP contribution is 2.29. The Hall–Kier alpha value is -2.22. The molecule has 0 aliphatic rings. The molecule has 0 spiro atoms. The smallest absolute Gasteiger partial charge is 0.416 e. The molecule has 8 heteroatoms. The standard InChI is InChI=1S/C11H12F3N3O2/c12-11(13,14)8-3-1-7(2-4-8)5-17(16)6-9(15)10(18)19/h1-4,6H,5,15-16H2,(H,18,19)/b9-6-. The summed E-state index contributed by atoms with van der Waals surface area (Å²) in [6.45, 7) is 0.0338. The van der Waals surface area contributed by atoms with E-state index in [4.69, 9.17) is 16.7 Å². The van der Waals surface area contributed by atoms with Gasteiger partial charge in [0, 0.05) is 6.20 Å². The Bertz CT molecular complexity index is 483. The number of aliphatic carboxylic acids is 1. The van der Waals surface area contributed by atoms with Gasteiger partial charge in [-0.1, -0.05) is 12.1 Å². The Morgan fingerprint density at radius 3 is 2.26 bits per heavy atom. The van der Waals surface area contributed by atoms with Crippen molar-refractivity contribution in [1.82, 2.24) is 5.01 Å². The molecular weight excluding hydrogens is 263 g/mol. The van der Waals surface area contributed by atoms with Crippen molar-refractivity contribution in [2.45, 2.75) is 12.7 Å². The fourth-order valence-electron chi connectivity index (χ4n) is 1.29. The molecule has 0 amide bonds. The number of carboxylic acid groups (broad SMARTS) is 1. The van der Waals surface area contributed by atoms with Crippen molar-refractivity contribution in [2.75, 3.05) is 0 Å². The first-order valence-electron chi connectivity index (χ1n) is 5.08. The van der Waals surface area contributed by atoms with Gasteiger partial charge in [0.05, 0.1) is 12.1 Å². The van der Waals surface area contributed by atoms with Crippen LogP contribution in [0.15, 0.2) is 36.2 Å². The molecule has 19 heavy (non-hydrogen) atoms. The first-order chi connectivity index (χ1) is 8.70. The molecular formula is C11H12F3N3O2. The number of hydrazine groups is 1. The monoisotopic (exact) mass is 275 g/mol. The predicted molar refractivity (Wildman–Crippen MR) is 61.1 cm³/mol. The minimum atomic E-state index is -4.39. The van der Waals surface area contributed by atoms with E-state index in [0.29, 0.717) is 5.56 Å². The number of halogens is 3.